The Morgan fingerprint density at radius 1 is 1.07 bits per heavy atom. The molecule has 0 aliphatic carbocycles. The predicted molar refractivity (Wildman–Crippen MR) is 104 cm³/mol. The van der Waals surface area contributed by atoms with Gasteiger partial charge in [-0.1, -0.05) is 17.7 Å². The van der Waals surface area contributed by atoms with Gasteiger partial charge in [-0.15, -0.1) is 0 Å². The van der Waals surface area contributed by atoms with Gasteiger partial charge in [-0.25, -0.2) is 4.79 Å². The highest BCUT2D eigenvalue weighted by Gasteiger charge is 2.10. The molecular formula is C21H18ClNO4. The molecule has 2 aromatic carbocycles. The molecule has 1 N–H and O–H groups in total. The fraction of sp³-hybridized carbons (Fsp3) is 0.143. The number of furan rings is 1. The normalized spacial score (nSPS) is 10.4. The van der Waals surface area contributed by atoms with Crippen molar-refractivity contribution < 1.29 is 18.7 Å². The maximum absolute atomic E-state index is 12.2. The van der Waals surface area contributed by atoms with Crippen molar-refractivity contribution in [3.8, 4) is 11.3 Å². The van der Waals surface area contributed by atoms with Crippen LogP contribution in [0.15, 0.2) is 65.1 Å². The molecule has 0 aliphatic heterocycles. The van der Waals surface area contributed by atoms with Gasteiger partial charge < -0.3 is 14.5 Å². The highest BCUT2D eigenvalue weighted by molar-refractivity contribution is 6.30. The molecule has 0 fully saturated rings. The van der Waals surface area contributed by atoms with Crippen molar-refractivity contribution in [2.24, 2.45) is 0 Å². The first-order valence-corrected chi connectivity index (χ1v) is 8.76. The van der Waals surface area contributed by atoms with Crippen LogP contribution < -0.4 is 5.32 Å². The second-order valence-corrected chi connectivity index (χ2v) is 6.33. The van der Waals surface area contributed by atoms with E-state index in [1.54, 1.807) is 36.4 Å². The van der Waals surface area contributed by atoms with E-state index in [1.165, 1.54) is 7.11 Å². The lowest BCUT2D eigenvalue weighted by atomic mass is 10.2. The molecular weight excluding hydrogens is 366 g/mol. The fourth-order valence-corrected chi connectivity index (χ4v) is 2.71. The summed E-state index contributed by atoms with van der Waals surface area (Å²) in [6, 6.07) is 17.7. The number of anilines is 1. The first kappa shape index (κ1) is 18.7. The molecule has 0 aliphatic rings. The van der Waals surface area contributed by atoms with Crippen molar-refractivity contribution in [1.29, 1.82) is 0 Å². The average molecular weight is 384 g/mol. The summed E-state index contributed by atoms with van der Waals surface area (Å²) in [5.74, 6) is 0.837. The topological polar surface area (TPSA) is 68.5 Å². The number of aryl methyl sites for hydroxylation is 1. The number of nitrogens with one attached hydrogen (secondary N) is 1. The Balaban J connectivity index is 1.57. The number of hydrogen-bond acceptors (Lipinski definition) is 4. The molecule has 1 heterocycles. The lowest BCUT2D eigenvalue weighted by Crippen LogP contribution is -2.12. The van der Waals surface area contributed by atoms with Crippen LogP contribution in [0.2, 0.25) is 5.02 Å². The molecule has 3 aromatic rings. The number of carbonyl (C=O) groups excluding carboxylic acids is 2. The minimum Gasteiger partial charge on any atom is -0.465 e. The van der Waals surface area contributed by atoms with Crippen molar-refractivity contribution in [1.82, 2.24) is 0 Å². The third-order valence-electron chi connectivity index (χ3n) is 3.96. The summed E-state index contributed by atoms with van der Waals surface area (Å²) in [5, 5.41) is 3.44. The van der Waals surface area contributed by atoms with Gasteiger partial charge in [0.1, 0.15) is 11.5 Å². The smallest absolute Gasteiger partial charge is 0.337 e. The molecule has 0 spiro atoms. The molecule has 0 saturated carbocycles. The van der Waals surface area contributed by atoms with Gasteiger partial charge in [0, 0.05) is 29.1 Å². The highest BCUT2D eigenvalue weighted by atomic mass is 35.5. The summed E-state index contributed by atoms with van der Waals surface area (Å²) in [7, 11) is 1.31. The van der Waals surface area contributed by atoms with Gasteiger partial charge >= 0.3 is 5.97 Å². The molecule has 5 nitrogen and oxygen atoms in total. The monoisotopic (exact) mass is 383 g/mol. The number of ether oxygens (including phenoxy) is 1. The molecule has 0 saturated heterocycles. The first-order chi connectivity index (χ1) is 13.0. The molecule has 1 aromatic heterocycles. The van der Waals surface area contributed by atoms with Gasteiger partial charge in [-0.3, -0.25) is 4.79 Å². The van der Waals surface area contributed by atoms with E-state index in [2.05, 4.69) is 10.1 Å². The third-order valence-corrected chi connectivity index (χ3v) is 4.21. The number of hydrogen-bond donors (Lipinski definition) is 1. The van der Waals surface area contributed by atoms with E-state index in [1.807, 2.05) is 24.3 Å². The Morgan fingerprint density at radius 2 is 1.85 bits per heavy atom. The number of esters is 1. The van der Waals surface area contributed by atoms with Gasteiger partial charge in [0.15, 0.2) is 0 Å². The van der Waals surface area contributed by atoms with Crippen LogP contribution in [-0.2, 0) is 16.0 Å². The lowest BCUT2D eigenvalue weighted by Gasteiger charge is -2.06. The molecule has 1 amide bonds. The second kappa shape index (κ2) is 8.56. The van der Waals surface area contributed by atoms with Crippen LogP contribution in [0.25, 0.3) is 11.3 Å². The van der Waals surface area contributed by atoms with E-state index in [0.717, 1.165) is 17.1 Å². The van der Waals surface area contributed by atoms with E-state index >= 15 is 0 Å². The van der Waals surface area contributed by atoms with Crippen molar-refractivity contribution in [3.63, 3.8) is 0 Å². The molecule has 0 atom stereocenters. The Bertz CT molecular complexity index is 947. The zero-order chi connectivity index (χ0) is 19.2. The van der Waals surface area contributed by atoms with Crippen molar-refractivity contribution in [3.05, 3.63) is 77.0 Å². The van der Waals surface area contributed by atoms with Crippen molar-refractivity contribution in [2.75, 3.05) is 12.4 Å². The molecule has 0 unspecified atom stereocenters. The van der Waals surface area contributed by atoms with E-state index in [0.29, 0.717) is 22.7 Å². The minimum atomic E-state index is -0.448. The first-order valence-electron chi connectivity index (χ1n) is 8.38. The largest absolute Gasteiger partial charge is 0.465 e. The van der Waals surface area contributed by atoms with E-state index in [4.69, 9.17) is 16.0 Å². The highest BCUT2D eigenvalue weighted by Crippen LogP contribution is 2.24. The number of benzene rings is 2. The van der Waals surface area contributed by atoms with Gasteiger partial charge in [-0.2, -0.15) is 0 Å². The summed E-state index contributed by atoms with van der Waals surface area (Å²) in [5.41, 5.74) is 1.85. The second-order valence-electron chi connectivity index (χ2n) is 5.89. The van der Waals surface area contributed by atoms with Crippen LogP contribution in [-0.4, -0.2) is 19.0 Å². The molecule has 27 heavy (non-hydrogen) atoms. The predicted octanol–water partition coefficient (Wildman–Crippen LogP) is 4.96. The van der Waals surface area contributed by atoms with Crippen LogP contribution in [0.4, 0.5) is 5.69 Å². The number of halogens is 1. The molecule has 0 bridgehead atoms. The van der Waals surface area contributed by atoms with Crippen LogP contribution in [0.1, 0.15) is 22.5 Å². The van der Waals surface area contributed by atoms with Gasteiger partial charge in [0.2, 0.25) is 5.91 Å². The van der Waals surface area contributed by atoms with Crippen molar-refractivity contribution >= 4 is 29.2 Å². The Kier molecular flexibility index (Phi) is 5.94. The van der Waals surface area contributed by atoms with Crippen LogP contribution in [0.3, 0.4) is 0 Å². The average Bonchev–Trinajstić information content (AvgIpc) is 3.15. The standard InChI is InChI=1S/C21H18ClNO4/c1-26-21(25)15-3-2-4-17(13-15)23-20(24)12-10-18-9-11-19(27-18)14-5-7-16(22)8-6-14/h2-9,11,13H,10,12H2,1H3,(H,23,24). The summed E-state index contributed by atoms with van der Waals surface area (Å²) < 4.78 is 10.5. The van der Waals surface area contributed by atoms with Crippen molar-refractivity contribution in [2.45, 2.75) is 12.8 Å². The van der Waals surface area contributed by atoms with Crippen LogP contribution >= 0.6 is 11.6 Å². The van der Waals surface area contributed by atoms with E-state index in [9.17, 15) is 9.59 Å². The third kappa shape index (κ3) is 4.99. The maximum Gasteiger partial charge on any atom is 0.337 e. The summed E-state index contributed by atoms with van der Waals surface area (Å²) in [6.07, 6.45) is 0.728. The Morgan fingerprint density at radius 3 is 2.59 bits per heavy atom. The lowest BCUT2D eigenvalue weighted by molar-refractivity contribution is -0.116. The zero-order valence-electron chi connectivity index (χ0n) is 14.7. The summed E-state index contributed by atoms with van der Waals surface area (Å²) in [6.45, 7) is 0. The number of methoxy groups -OCH3 is 1. The number of carbonyl (C=O) groups is 2. The van der Waals surface area contributed by atoms with Gasteiger partial charge in [0.25, 0.3) is 0 Å². The molecule has 0 radical (unpaired) electrons. The van der Waals surface area contributed by atoms with E-state index < -0.39 is 5.97 Å². The quantitative estimate of drug-likeness (QED) is 0.611. The van der Waals surface area contributed by atoms with Crippen LogP contribution in [0.5, 0.6) is 0 Å². The fourth-order valence-electron chi connectivity index (χ4n) is 2.58. The van der Waals surface area contributed by atoms with Gasteiger partial charge in [0.05, 0.1) is 12.7 Å². The molecule has 6 heteroatoms. The Labute approximate surface area is 161 Å². The minimum absolute atomic E-state index is 0.165. The summed E-state index contributed by atoms with van der Waals surface area (Å²) in [4.78, 5) is 23.7. The SMILES string of the molecule is COC(=O)c1cccc(NC(=O)CCc2ccc(-c3ccc(Cl)cc3)o2)c1. The molecule has 138 valence electrons. The Hall–Kier alpha value is -3.05. The van der Waals surface area contributed by atoms with E-state index in [-0.39, 0.29) is 12.3 Å². The summed E-state index contributed by atoms with van der Waals surface area (Å²) >= 11 is 5.89. The van der Waals surface area contributed by atoms with Gasteiger partial charge in [-0.05, 0) is 54.6 Å². The van der Waals surface area contributed by atoms with Crippen LogP contribution in [0, 0.1) is 0 Å². The maximum atomic E-state index is 12.2. The number of amides is 1. The number of rotatable bonds is 6. The zero-order valence-corrected chi connectivity index (χ0v) is 15.5. The molecule has 3 rings (SSSR count).